The second-order valence-electron chi connectivity index (χ2n) is 15.6. The van der Waals surface area contributed by atoms with Gasteiger partial charge in [0.2, 0.25) is 0 Å². The van der Waals surface area contributed by atoms with E-state index in [4.69, 9.17) is 9.97 Å². The summed E-state index contributed by atoms with van der Waals surface area (Å²) in [6.07, 6.45) is 0. The second kappa shape index (κ2) is 14.9. The minimum absolute atomic E-state index is 0.642. The first-order valence-corrected chi connectivity index (χ1v) is 20.6. The summed E-state index contributed by atoms with van der Waals surface area (Å²) in [5.74, 6) is 0.680. The molecule has 10 aromatic rings. The number of rotatable bonds is 7. The smallest absolute Gasteiger partial charge is 0.160 e. The predicted octanol–water partition coefficient (Wildman–Crippen LogP) is 14.2. The van der Waals surface area contributed by atoms with Gasteiger partial charge >= 0.3 is 0 Å². The molecule has 0 unspecified atom stereocenters. The first kappa shape index (κ1) is 35.9. The fourth-order valence-electron chi connectivity index (χ4n) is 9.45. The van der Waals surface area contributed by atoms with Gasteiger partial charge in [0, 0.05) is 16.7 Å². The van der Waals surface area contributed by atoms with Crippen LogP contribution < -0.4 is 0 Å². The second-order valence-corrected chi connectivity index (χ2v) is 15.6. The van der Waals surface area contributed by atoms with E-state index in [0.29, 0.717) is 11.4 Å². The summed E-state index contributed by atoms with van der Waals surface area (Å²) in [5, 5.41) is 11.8. The summed E-state index contributed by atoms with van der Waals surface area (Å²) >= 11 is 0. The molecule has 9 aromatic carbocycles. The van der Waals surface area contributed by atoms with Crippen LogP contribution >= 0.6 is 0 Å². The Morgan fingerprint density at radius 3 is 1.36 bits per heavy atom. The van der Waals surface area contributed by atoms with Crippen molar-refractivity contribution in [2.75, 3.05) is 0 Å². The molecule has 1 aromatic heterocycles. The molecule has 0 spiro atoms. The zero-order valence-electron chi connectivity index (χ0n) is 33.2. The van der Waals surface area contributed by atoms with Crippen LogP contribution in [0.25, 0.3) is 78.1 Å². The van der Waals surface area contributed by atoms with Crippen LogP contribution in [0.2, 0.25) is 0 Å². The first-order chi connectivity index (χ1) is 30.2. The van der Waals surface area contributed by atoms with E-state index in [1.807, 2.05) is 36.4 Å². The Kier molecular flexibility index (Phi) is 8.77. The van der Waals surface area contributed by atoms with Crippen molar-refractivity contribution >= 4 is 10.8 Å². The Morgan fingerprint density at radius 1 is 0.344 bits per heavy atom. The highest BCUT2D eigenvalue weighted by Gasteiger charge is 2.46. The fourth-order valence-corrected chi connectivity index (χ4v) is 9.45. The molecule has 0 radical (unpaired) electrons. The zero-order valence-corrected chi connectivity index (χ0v) is 33.2. The highest BCUT2D eigenvalue weighted by molar-refractivity contribution is 6.05. The average Bonchev–Trinajstić information content (AvgIpc) is 3.65. The van der Waals surface area contributed by atoms with Crippen molar-refractivity contribution in [2.45, 2.75) is 5.41 Å². The standard InChI is InChI=1S/C58H37N3/c59-38-39-29-31-40(32-30-39)47-33-34-48(50-24-8-7-23-49(47)50)43-19-13-21-45(35-43)58(53-27-11-9-25-51(53)52-26-10-12-28-54(52)58)46-22-14-20-44(36-46)57-60-55(41-15-3-1-4-16-41)37-56(61-57)42-17-5-2-6-18-42/h1-37H. The monoisotopic (exact) mass is 775 g/mol. The van der Waals surface area contributed by atoms with Gasteiger partial charge in [-0.15, -0.1) is 0 Å². The number of nitriles is 1. The summed E-state index contributed by atoms with van der Waals surface area (Å²) in [7, 11) is 0. The maximum absolute atomic E-state index is 9.44. The van der Waals surface area contributed by atoms with Crippen molar-refractivity contribution in [2.24, 2.45) is 0 Å². The summed E-state index contributed by atoms with van der Waals surface area (Å²) < 4.78 is 0. The number of hydrogen-bond donors (Lipinski definition) is 0. The van der Waals surface area contributed by atoms with Crippen molar-refractivity contribution < 1.29 is 0 Å². The summed E-state index contributed by atoms with van der Waals surface area (Å²) in [6.45, 7) is 0. The SMILES string of the molecule is N#Cc1ccc(-c2ccc(-c3cccc(C4(c5cccc(-c6nc(-c7ccccc7)cc(-c7ccccc7)n6)c5)c5ccccc5-c5ccccc54)c3)c3ccccc23)cc1. The molecule has 0 saturated carbocycles. The van der Waals surface area contributed by atoms with E-state index in [0.717, 1.165) is 55.9 Å². The molecule has 61 heavy (non-hydrogen) atoms. The molecule has 0 amide bonds. The minimum atomic E-state index is -0.642. The third-order valence-electron chi connectivity index (χ3n) is 12.2. The van der Waals surface area contributed by atoms with Gasteiger partial charge in [-0.2, -0.15) is 5.26 Å². The van der Waals surface area contributed by atoms with Crippen molar-refractivity contribution in [3.05, 3.63) is 252 Å². The first-order valence-electron chi connectivity index (χ1n) is 20.6. The van der Waals surface area contributed by atoms with E-state index in [1.165, 1.54) is 38.6 Å². The molecule has 0 bridgehead atoms. The highest BCUT2D eigenvalue weighted by Crippen LogP contribution is 2.56. The topological polar surface area (TPSA) is 49.6 Å². The van der Waals surface area contributed by atoms with Gasteiger partial charge in [-0.1, -0.05) is 194 Å². The Labute approximate surface area is 355 Å². The van der Waals surface area contributed by atoms with Gasteiger partial charge in [0.15, 0.2) is 5.82 Å². The predicted molar refractivity (Wildman–Crippen MR) is 249 cm³/mol. The normalized spacial score (nSPS) is 12.4. The molecule has 0 fully saturated rings. The van der Waals surface area contributed by atoms with Gasteiger partial charge in [-0.25, -0.2) is 9.97 Å². The van der Waals surface area contributed by atoms with E-state index in [1.54, 1.807) is 0 Å². The lowest BCUT2D eigenvalue weighted by atomic mass is 9.67. The van der Waals surface area contributed by atoms with Crippen LogP contribution in [-0.2, 0) is 5.41 Å². The summed E-state index contributed by atoms with van der Waals surface area (Å²) in [6, 6.07) is 81.8. The van der Waals surface area contributed by atoms with E-state index < -0.39 is 5.41 Å². The van der Waals surface area contributed by atoms with Crippen LogP contribution in [0.1, 0.15) is 27.8 Å². The molecule has 0 N–H and O–H groups in total. The lowest BCUT2D eigenvalue weighted by molar-refractivity contribution is 0.769. The van der Waals surface area contributed by atoms with Crippen LogP contribution in [0.4, 0.5) is 0 Å². The molecule has 3 heteroatoms. The molecule has 11 rings (SSSR count). The Morgan fingerprint density at radius 2 is 0.803 bits per heavy atom. The molecular formula is C58H37N3. The molecule has 3 nitrogen and oxygen atoms in total. The van der Waals surface area contributed by atoms with E-state index >= 15 is 0 Å². The van der Waals surface area contributed by atoms with Gasteiger partial charge in [0.25, 0.3) is 0 Å². The molecule has 284 valence electrons. The van der Waals surface area contributed by atoms with Gasteiger partial charge in [0.05, 0.1) is 28.4 Å². The maximum atomic E-state index is 9.44. The minimum Gasteiger partial charge on any atom is -0.228 e. The molecule has 0 saturated heterocycles. The Balaban J connectivity index is 1.12. The third-order valence-corrected chi connectivity index (χ3v) is 12.2. The van der Waals surface area contributed by atoms with Gasteiger partial charge in [-0.05, 0) is 96.7 Å². The van der Waals surface area contributed by atoms with Crippen LogP contribution in [0.3, 0.4) is 0 Å². The van der Waals surface area contributed by atoms with Crippen molar-refractivity contribution in [1.82, 2.24) is 9.97 Å². The summed E-state index contributed by atoms with van der Waals surface area (Å²) in [5.41, 5.74) is 16.6. The number of aromatic nitrogens is 2. The molecule has 0 aliphatic heterocycles. The van der Waals surface area contributed by atoms with Gasteiger partial charge < -0.3 is 0 Å². The van der Waals surface area contributed by atoms with Crippen LogP contribution in [-0.4, -0.2) is 9.97 Å². The fraction of sp³-hybridized carbons (Fsp3) is 0.0172. The molecule has 0 atom stereocenters. The van der Waals surface area contributed by atoms with E-state index in [9.17, 15) is 5.26 Å². The lowest BCUT2D eigenvalue weighted by Crippen LogP contribution is -2.28. The lowest BCUT2D eigenvalue weighted by Gasteiger charge is -2.34. The third kappa shape index (κ3) is 6.05. The van der Waals surface area contributed by atoms with Crippen LogP contribution in [0.15, 0.2) is 224 Å². The van der Waals surface area contributed by atoms with Gasteiger partial charge in [-0.3, -0.25) is 0 Å². The van der Waals surface area contributed by atoms with E-state index in [2.05, 4.69) is 194 Å². The Hall–Kier alpha value is -8.19. The van der Waals surface area contributed by atoms with E-state index in [-0.39, 0.29) is 0 Å². The quantitative estimate of drug-likeness (QED) is 0.162. The number of nitrogens with zero attached hydrogens (tertiary/aromatic N) is 3. The molecular weight excluding hydrogens is 739 g/mol. The van der Waals surface area contributed by atoms with Crippen molar-refractivity contribution in [3.63, 3.8) is 0 Å². The average molecular weight is 776 g/mol. The number of benzene rings is 9. The van der Waals surface area contributed by atoms with Crippen LogP contribution in [0.5, 0.6) is 0 Å². The number of fused-ring (bicyclic) bond motifs is 4. The molecule has 1 aliphatic rings. The maximum Gasteiger partial charge on any atom is 0.160 e. The number of hydrogen-bond acceptors (Lipinski definition) is 3. The largest absolute Gasteiger partial charge is 0.228 e. The Bertz CT molecular complexity index is 3200. The highest BCUT2D eigenvalue weighted by atomic mass is 14.9. The van der Waals surface area contributed by atoms with Crippen molar-refractivity contribution in [3.8, 4) is 73.4 Å². The molecule has 1 heterocycles. The van der Waals surface area contributed by atoms with Crippen LogP contribution in [0, 0.1) is 11.3 Å². The van der Waals surface area contributed by atoms with Crippen molar-refractivity contribution in [1.29, 1.82) is 5.26 Å². The summed E-state index contributed by atoms with van der Waals surface area (Å²) in [4.78, 5) is 10.5. The molecule has 1 aliphatic carbocycles. The van der Waals surface area contributed by atoms with Gasteiger partial charge in [0.1, 0.15) is 0 Å². The zero-order chi connectivity index (χ0) is 40.8.